The molecule has 74 valence electrons. The standard InChI is InChI=1S/C8H16N4O/c1-4-7-8(9)10-11-12(7)5-6(2)13-3/h6H,4-5,9H2,1-3H3. The van der Waals surface area contributed by atoms with E-state index in [1.807, 2.05) is 13.8 Å². The summed E-state index contributed by atoms with van der Waals surface area (Å²) in [5.74, 6) is 0.519. The SMILES string of the molecule is CCc1c(N)nnn1CC(C)OC. The van der Waals surface area contributed by atoms with Crippen molar-refractivity contribution in [1.29, 1.82) is 0 Å². The molecule has 0 radical (unpaired) electrons. The molecule has 0 saturated heterocycles. The van der Waals surface area contributed by atoms with Crippen molar-refractivity contribution in [2.24, 2.45) is 0 Å². The third-order valence-electron chi connectivity index (χ3n) is 2.03. The van der Waals surface area contributed by atoms with Gasteiger partial charge in [0, 0.05) is 7.11 Å². The number of nitrogens with two attached hydrogens (primary N) is 1. The van der Waals surface area contributed by atoms with Gasteiger partial charge in [0.2, 0.25) is 0 Å². The number of rotatable bonds is 4. The monoisotopic (exact) mass is 184 g/mol. The van der Waals surface area contributed by atoms with Crippen LogP contribution in [-0.2, 0) is 17.7 Å². The van der Waals surface area contributed by atoms with E-state index in [-0.39, 0.29) is 6.10 Å². The van der Waals surface area contributed by atoms with Crippen molar-refractivity contribution < 1.29 is 4.74 Å². The zero-order valence-corrected chi connectivity index (χ0v) is 8.32. The average molecular weight is 184 g/mol. The summed E-state index contributed by atoms with van der Waals surface area (Å²) in [7, 11) is 1.68. The van der Waals surface area contributed by atoms with E-state index in [1.165, 1.54) is 0 Å². The number of hydrogen-bond acceptors (Lipinski definition) is 4. The van der Waals surface area contributed by atoms with Crippen molar-refractivity contribution in [1.82, 2.24) is 15.0 Å². The van der Waals surface area contributed by atoms with E-state index in [0.717, 1.165) is 12.1 Å². The molecule has 0 aromatic carbocycles. The smallest absolute Gasteiger partial charge is 0.169 e. The summed E-state index contributed by atoms with van der Waals surface area (Å²) < 4.78 is 6.93. The van der Waals surface area contributed by atoms with Gasteiger partial charge in [-0.3, -0.25) is 0 Å². The van der Waals surface area contributed by atoms with Gasteiger partial charge in [-0.1, -0.05) is 12.1 Å². The molecular weight excluding hydrogens is 168 g/mol. The molecule has 0 bridgehead atoms. The number of nitrogen functional groups attached to an aromatic ring is 1. The highest BCUT2D eigenvalue weighted by Crippen LogP contribution is 2.08. The molecule has 5 nitrogen and oxygen atoms in total. The van der Waals surface area contributed by atoms with Crippen LogP contribution < -0.4 is 5.73 Å². The van der Waals surface area contributed by atoms with Crippen molar-refractivity contribution in [3.63, 3.8) is 0 Å². The molecule has 0 amide bonds. The molecule has 1 aromatic heterocycles. The van der Waals surface area contributed by atoms with E-state index in [9.17, 15) is 0 Å². The summed E-state index contributed by atoms with van der Waals surface area (Å²) >= 11 is 0. The van der Waals surface area contributed by atoms with Crippen LogP contribution in [0.1, 0.15) is 19.5 Å². The van der Waals surface area contributed by atoms with Gasteiger partial charge in [-0.2, -0.15) is 0 Å². The lowest BCUT2D eigenvalue weighted by molar-refractivity contribution is 0.0985. The summed E-state index contributed by atoms with van der Waals surface area (Å²) in [4.78, 5) is 0. The first-order valence-corrected chi connectivity index (χ1v) is 4.39. The minimum absolute atomic E-state index is 0.131. The largest absolute Gasteiger partial charge is 0.381 e. The maximum Gasteiger partial charge on any atom is 0.169 e. The van der Waals surface area contributed by atoms with E-state index in [1.54, 1.807) is 11.8 Å². The minimum Gasteiger partial charge on any atom is -0.381 e. The Morgan fingerprint density at radius 1 is 1.62 bits per heavy atom. The van der Waals surface area contributed by atoms with E-state index in [0.29, 0.717) is 12.4 Å². The molecule has 0 aliphatic heterocycles. The maximum atomic E-state index is 5.63. The zero-order valence-electron chi connectivity index (χ0n) is 8.32. The third-order valence-corrected chi connectivity index (χ3v) is 2.03. The maximum absolute atomic E-state index is 5.63. The molecule has 1 heterocycles. The molecule has 0 aliphatic carbocycles. The van der Waals surface area contributed by atoms with Gasteiger partial charge in [0.25, 0.3) is 0 Å². The number of aromatic nitrogens is 3. The van der Waals surface area contributed by atoms with E-state index < -0.39 is 0 Å². The Morgan fingerprint density at radius 2 is 2.31 bits per heavy atom. The first-order valence-electron chi connectivity index (χ1n) is 4.39. The molecule has 1 rings (SSSR count). The number of anilines is 1. The lowest BCUT2D eigenvalue weighted by atomic mass is 10.3. The highest BCUT2D eigenvalue weighted by atomic mass is 16.5. The van der Waals surface area contributed by atoms with Crippen molar-refractivity contribution in [2.45, 2.75) is 32.9 Å². The lowest BCUT2D eigenvalue weighted by Gasteiger charge is -2.10. The van der Waals surface area contributed by atoms with Gasteiger partial charge in [0.05, 0.1) is 18.3 Å². The molecule has 0 spiro atoms. The summed E-state index contributed by atoms with van der Waals surface area (Å²) in [5, 5.41) is 7.75. The van der Waals surface area contributed by atoms with Crippen LogP contribution in [-0.4, -0.2) is 28.2 Å². The van der Waals surface area contributed by atoms with Crippen molar-refractivity contribution >= 4 is 5.82 Å². The van der Waals surface area contributed by atoms with E-state index >= 15 is 0 Å². The summed E-state index contributed by atoms with van der Waals surface area (Å²) in [5.41, 5.74) is 6.61. The summed E-state index contributed by atoms with van der Waals surface area (Å²) in [6, 6.07) is 0. The molecule has 1 aromatic rings. The molecule has 0 fully saturated rings. The second-order valence-corrected chi connectivity index (χ2v) is 3.00. The fraction of sp³-hybridized carbons (Fsp3) is 0.750. The van der Waals surface area contributed by atoms with Gasteiger partial charge in [0.1, 0.15) is 0 Å². The first kappa shape index (κ1) is 9.98. The molecule has 5 heteroatoms. The fourth-order valence-corrected chi connectivity index (χ4v) is 1.17. The highest BCUT2D eigenvalue weighted by Gasteiger charge is 2.10. The van der Waals surface area contributed by atoms with Gasteiger partial charge in [-0.05, 0) is 13.3 Å². The van der Waals surface area contributed by atoms with Gasteiger partial charge in [-0.15, -0.1) is 5.10 Å². The summed E-state index contributed by atoms with van der Waals surface area (Å²) in [6.45, 7) is 4.71. The Balaban J connectivity index is 2.76. The number of ether oxygens (including phenoxy) is 1. The fourth-order valence-electron chi connectivity index (χ4n) is 1.17. The lowest BCUT2D eigenvalue weighted by Crippen LogP contribution is -2.17. The minimum atomic E-state index is 0.131. The number of methoxy groups -OCH3 is 1. The molecule has 1 atom stereocenters. The highest BCUT2D eigenvalue weighted by molar-refractivity contribution is 5.32. The van der Waals surface area contributed by atoms with Gasteiger partial charge >= 0.3 is 0 Å². The van der Waals surface area contributed by atoms with Crippen LogP contribution >= 0.6 is 0 Å². The van der Waals surface area contributed by atoms with Gasteiger partial charge in [-0.25, -0.2) is 4.68 Å². The Kier molecular flexibility index (Phi) is 3.25. The van der Waals surface area contributed by atoms with E-state index in [4.69, 9.17) is 10.5 Å². The molecule has 2 N–H and O–H groups in total. The normalized spacial score (nSPS) is 13.2. The second kappa shape index (κ2) is 4.23. The van der Waals surface area contributed by atoms with Crippen LogP contribution in [0.5, 0.6) is 0 Å². The predicted molar refractivity (Wildman–Crippen MR) is 50.3 cm³/mol. The molecule has 1 unspecified atom stereocenters. The van der Waals surface area contributed by atoms with E-state index in [2.05, 4.69) is 10.3 Å². The number of hydrogen-bond donors (Lipinski definition) is 1. The average Bonchev–Trinajstić information content (AvgIpc) is 2.46. The van der Waals surface area contributed by atoms with Crippen molar-refractivity contribution in [2.75, 3.05) is 12.8 Å². The predicted octanol–water partition coefficient (Wildman–Crippen LogP) is 0.458. The third kappa shape index (κ3) is 2.18. The second-order valence-electron chi connectivity index (χ2n) is 3.00. The van der Waals surface area contributed by atoms with Crippen LogP contribution in [0.4, 0.5) is 5.82 Å². The molecule has 0 aliphatic rings. The quantitative estimate of drug-likeness (QED) is 0.738. The van der Waals surface area contributed by atoms with Gasteiger partial charge < -0.3 is 10.5 Å². The van der Waals surface area contributed by atoms with Crippen LogP contribution in [0.25, 0.3) is 0 Å². The topological polar surface area (TPSA) is 66.0 Å². The Morgan fingerprint density at radius 3 is 2.85 bits per heavy atom. The molecule has 13 heavy (non-hydrogen) atoms. The van der Waals surface area contributed by atoms with Crippen LogP contribution in [0, 0.1) is 0 Å². The van der Waals surface area contributed by atoms with Crippen LogP contribution in [0.15, 0.2) is 0 Å². The van der Waals surface area contributed by atoms with Crippen molar-refractivity contribution in [3.8, 4) is 0 Å². The molecular formula is C8H16N4O. The first-order chi connectivity index (χ1) is 6.19. The number of nitrogens with zero attached hydrogens (tertiary/aromatic N) is 3. The molecule has 0 saturated carbocycles. The Bertz CT molecular complexity index is 271. The Hall–Kier alpha value is -1.10. The summed E-state index contributed by atoms with van der Waals surface area (Å²) in [6.07, 6.45) is 0.973. The zero-order chi connectivity index (χ0) is 9.84. The van der Waals surface area contributed by atoms with Crippen LogP contribution in [0.3, 0.4) is 0 Å². The van der Waals surface area contributed by atoms with Crippen molar-refractivity contribution in [3.05, 3.63) is 5.69 Å². The van der Waals surface area contributed by atoms with Gasteiger partial charge in [0.15, 0.2) is 5.82 Å². The Labute approximate surface area is 77.9 Å². The van der Waals surface area contributed by atoms with Crippen LogP contribution in [0.2, 0.25) is 0 Å².